The summed E-state index contributed by atoms with van der Waals surface area (Å²) >= 11 is 6.75. The van der Waals surface area contributed by atoms with Gasteiger partial charge in [-0.1, -0.05) is 10.4 Å². The number of thioether (sulfide) groups is 2. The third-order valence-electron chi connectivity index (χ3n) is 4.61. The van der Waals surface area contributed by atoms with Gasteiger partial charge >= 0.3 is 5.97 Å². The molecule has 1 saturated heterocycles. The number of rotatable bonds is 8. The fourth-order valence-corrected chi connectivity index (χ4v) is 5.26. The summed E-state index contributed by atoms with van der Waals surface area (Å²) < 4.78 is 5.36. The van der Waals surface area contributed by atoms with Gasteiger partial charge in [-0.25, -0.2) is 14.8 Å². The van der Waals surface area contributed by atoms with Crippen LogP contribution in [-0.4, -0.2) is 92.4 Å². The van der Waals surface area contributed by atoms with E-state index in [1.807, 2.05) is 6.07 Å². The molecule has 3 aliphatic rings. The van der Waals surface area contributed by atoms with Gasteiger partial charge in [-0.3, -0.25) is 14.5 Å². The van der Waals surface area contributed by atoms with Crippen molar-refractivity contribution >= 4 is 53.9 Å². The second-order valence-corrected chi connectivity index (χ2v) is 8.95. The molecule has 0 radical (unpaired) electrons. The highest BCUT2D eigenvalue weighted by molar-refractivity contribution is 8.00. The van der Waals surface area contributed by atoms with E-state index in [4.69, 9.17) is 10.00 Å². The Morgan fingerprint density at radius 3 is 2.83 bits per heavy atom. The molecule has 1 fully saturated rings. The van der Waals surface area contributed by atoms with Crippen LogP contribution in [0.2, 0.25) is 0 Å². The topological polar surface area (TPSA) is 151 Å². The molecule has 3 aliphatic heterocycles. The predicted octanol–water partition coefficient (Wildman–Crippen LogP) is -0.301. The first-order valence-electron chi connectivity index (χ1n) is 8.57. The maximum absolute atomic E-state index is 13.0. The summed E-state index contributed by atoms with van der Waals surface area (Å²) in [5.41, 5.74) is -1.78. The quantitative estimate of drug-likeness (QED) is 0.185. The minimum Gasteiger partial charge on any atom is -0.477 e. The monoisotopic (exact) mass is 473 g/mol. The molecule has 2 amide bonds. The second kappa shape index (κ2) is 8.92. The van der Waals surface area contributed by atoms with Gasteiger partial charge in [0.05, 0.1) is 24.1 Å². The van der Waals surface area contributed by atoms with Crippen molar-refractivity contribution in [3.63, 3.8) is 0 Å². The molecule has 2 N–H and O–H groups in total. The van der Waals surface area contributed by atoms with E-state index in [1.54, 1.807) is 7.05 Å². The molecule has 12 nitrogen and oxygen atoms in total. The van der Waals surface area contributed by atoms with Gasteiger partial charge in [0.25, 0.3) is 11.6 Å². The van der Waals surface area contributed by atoms with Gasteiger partial charge in [0.15, 0.2) is 5.50 Å². The number of methoxy groups -OCH3 is 1. The van der Waals surface area contributed by atoms with E-state index < -0.39 is 34.4 Å². The number of carbonyl (C=O) groups is 3. The number of carboxylic acid groups (broad SMARTS) is 1. The molecule has 3 heterocycles. The van der Waals surface area contributed by atoms with E-state index in [-0.39, 0.29) is 29.5 Å². The van der Waals surface area contributed by atoms with Gasteiger partial charge in [0.2, 0.25) is 5.91 Å². The number of fused-ring (bicyclic) bond motifs is 1. The van der Waals surface area contributed by atoms with Gasteiger partial charge in [-0.15, -0.1) is 36.2 Å². The summed E-state index contributed by atoms with van der Waals surface area (Å²) in [6.07, 6.45) is 0. The summed E-state index contributed by atoms with van der Waals surface area (Å²) in [7, 11) is 2.97. The lowest BCUT2D eigenvalue weighted by molar-refractivity contribution is -0.192. The van der Waals surface area contributed by atoms with Crippen molar-refractivity contribution in [1.82, 2.24) is 20.2 Å². The van der Waals surface area contributed by atoms with Crippen molar-refractivity contribution in [2.24, 2.45) is 10.4 Å². The molecule has 0 aliphatic carbocycles. The van der Waals surface area contributed by atoms with Crippen LogP contribution >= 0.6 is 36.2 Å². The summed E-state index contributed by atoms with van der Waals surface area (Å²) in [5, 5.41) is 31.0. The molecule has 30 heavy (non-hydrogen) atoms. The van der Waals surface area contributed by atoms with Crippen molar-refractivity contribution in [2.45, 2.75) is 16.6 Å². The Labute approximate surface area is 186 Å². The summed E-state index contributed by atoms with van der Waals surface area (Å²) in [6.45, 7) is 0.129. The lowest BCUT2D eigenvalue weighted by Gasteiger charge is -2.55. The number of hydrogen-bond donors (Lipinski definition) is 3. The average molecular weight is 474 g/mol. The van der Waals surface area contributed by atoms with E-state index in [0.29, 0.717) is 5.57 Å². The normalized spacial score (nSPS) is 27.7. The SMILES string of the molecule is CO[C@@]1(NC(=O)CSCC#N)C(=O)N2C(C(=O)O)=C(CN3N=NN(C)C3S)CS[C@@H]21. The number of amides is 2. The molecule has 1 unspecified atom stereocenters. The molecule has 3 rings (SSSR count). The Balaban J connectivity index is 1.80. The lowest BCUT2D eigenvalue weighted by atomic mass is 9.98. The van der Waals surface area contributed by atoms with Crippen molar-refractivity contribution < 1.29 is 24.2 Å². The Bertz CT molecular complexity index is 862. The Kier molecular flexibility index (Phi) is 6.70. The van der Waals surface area contributed by atoms with Crippen molar-refractivity contribution in [3.8, 4) is 6.07 Å². The third-order valence-corrected chi connectivity index (χ3v) is 7.38. The van der Waals surface area contributed by atoms with Crippen molar-refractivity contribution in [1.29, 1.82) is 5.26 Å². The Morgan fingerprint density at radius 2 is 2.27 bits per heavy atom. The van der Waals surface area contributed by atoms with E-state index in [2.05, 4.69) is 28.4 Å². The van der Waals surface area contributed by atoms with E-state index in [9.17, 15) is 19.5 Å². The molecule has 15 heteroatoms. The van der Waals surface area contributed by atoms with Crippen LogP contribution in [-0.2, 0) is 19.1 Å². The van der Waals surface area contributed by atoms with Crippen LogP contribution < -0.4 is 5.32 Å². The number of carboxylic acids is 1. The second-order valence-electron chi connectivity index (χ2n) is 6.43. The maximum Gasteiger partial charge on any atom is 0.352 e. The van der Waals surface area contributed by atoms with Gasteiger partial charge in [-0.2, -0.15) is 5.26 Å². The Hall–Kier alpha value is -2.15. The van der Waals surface area contributed by atoms with Gasteiger partial charge in [0, 0.05) is 19.9 Å². The number of aliphatic carboxylic acids is 1. The number of thiol groups is 1. The number of hydrogen-bond acceptors (Lipinski definition) is 12. The first-order chi connectivity index (χ1) is 14.3. The van der Waals surface area contributed by atoms with Crippen LogP contribution in [0.3, 0.4) is 0 Å². The summed E-state index contributed by atoms with van der Waals surface area (Å²) in [6, 6.07) is 1.91. The van der Waals surface area contributed by atoms with Crippen LogP contribution in [0.4, 0.5) is 0 Å². The molecule has 0 bridgehead atoms. The first kappa shape index (κ1) is 22.5. The standard InChI is InChI=1S/C15H19N7O5S3/c1-20-14(28)21(19-18-20)5-8-6-30-13-15(27-2,17-9(23)7-29-4-3-16)12(26)22(13)10(8)11(24)25/h13-14,28H,4-7H2,1-2H3,(H,17,23)(H,24,25)/t13-,14?,15+/m1/s1. The number of nitrogens with zero attached hydrogens (tertiary/aromatic N) is 6. The highest BCUT2D eigenvalue weighted by Crippen LogP contribution is 2.46. The van der Waals surface area contributed by atoms with Gasteiger partial charge < -0.3 is 15.2 Å². The zero-order chi connectivity index (χ0) is 22.1. The minimum atomic E-state index is -1.65. The van der Waals surface area contributed by atoms with Crippen LogP contribution in [0, 0.1) is 11.3 Å². The van der Waals surface area contributed by atoms with Crippen molar-refractivity contribution in [2.75, 3.05) is 38.0 Å². The third kappa shape index (κ3) is 3.80. The molecule has 0 saturated carbocycles. The number of carbonyl (C=O) groups excluding carboxylic acids is 2. The Morgan fingerprint density at radius 1 is 1.53 bits per heavy atom. The summed E-state index contributed by atoms with van der Waals surface area (Å²) in [5.74, 6) is -2.00. The van der Waals surface area contributed by atoms with Crippen LogP contribution in [0.15, 0.2) is 21.7 Å². The molecule has 0 aromatic carbocycles. The zero-order valence-corrected chi connectivity index (χ0v) is 18.5. The molecular weight excluding hydrogens is 454 g/mol. The fraction of sp³-hybridized carbons (Fsp3) is 0.600. The minimum absolute atomic E-state index is 0.0208. The largest absolute Gasteiger partial charge is 0.477 e. The molecule has 0 aromatic heterocycles. The van der Waals surface area contributed by atoms with E-state index in [0.717, 1.165) is 16.7 Å². The van der Waals surface area contributed by atoms with Crippen LogP contribution in [0.25, 0.3) is 0 Å². The van der Waals surface area contributed by atoms with Gasteiger partial charge in [0.1, 0.15) is 11.1 Å². The number of β-lactam (4-membered cyclic amide) rings is 1. The maximum atomic E-state index is 13.0. The smallest absolute Gasteiger partial charge is 0.352 e. The van der Waals surface area contributed by atoms with Gasteiger partial charge in [-0.05, 0) is 5.57 Å². The van der Waals surface area contributed by atoms with E-state index >= 15 is 0 Å². The highest BCUT2D eigenvalue weighted by atomic mass is 32.2. The zero-order valence-electron chi connectivity index (χ0n) is 16.0. The molecule has 3 atom stereocenters. The average Bonchev–Trinajstić information content (AvgIpc) is 3.03. The highest BCUT2D eigenvalue weighted by Gasteiger charge is 2.66. The lowest BCUT2D eigenvalue weighted by Crippen LogP contribution is -2.80. The number of nitrogens with one attached hydrogen (secondary N) is 1. The number of nitriles is 1. The van der Waals surface area contributed by atoms with E-state index in [1.165, 1.54) is 28.9 Å². The van der Waals surface area contributed by atoms with Crippen LogP contribution in [0.5, 0.6) is 0 Å². The molecule has 0 spiro atoms. The molecule has 0 aromatic rings. The van der Waals surface area contributed by atoms with Crippen LogP contribution in [0.1, 0.15) is 0 Å². The first-order valence-corrected chi connectivity index (χ1v) is 11.3. The molecule has 162 valence electrons. The predicted molar refractivity (Wildman–Crippen MR) is 111 cm³/mol. The fourth-order valence-electron chi connectivity index (χ4n) is 3.21. The molecular formula is C15H19N7O5S3. The van der Waals surface area contributed by atoms with Crippen molar-refractivity contribution in [3.05, 3.63) is 11.3 Å². The summed E-state index contributed by atoms with van der Waals surface area (Å²) in [4.78, 5) is 38.3. The number of ether oxygens (including phenoxy) is 1.